The smallest absolute Gasteiger partial charge is 0.136 e. The zero-order valence-electron chi connectivity index (χ0n) is 29.8. The summed E-state index contributed by atoms with van der Waals surface area (Å²) in [6, 6.07) is 67.9. The van der Waals surface area contributed by atoms with Gasteiger partial charge in [0.1, 0.15) is 11.2 Å². The van der Waals surface area contributed by atoms with Crippen molar-refractivity contribution in [3.8, 4) is 44.5 Å². The molecule has 0 radical (unpaired) electrons. The Morgan fingerprint density at radius 1 is 0.396 bits per heavy atom. The molecule has 2 nitrogen and oxygen atoms in total. The van der Waals surface area contributed by atoms with Crippen LogP contribution in [0.3, 0.4) is 0 Å². The number of furan rings is 1. The van der Waals surface area contributed by atoms with E-state index in [4.69, 9.17) is 4.42 Å². The van der Waals surface area contributed by atoms with E-state index in [-0.39, 0.29) is 5.41 Å². The van der Waals surface area contributed by atoms with Gasteiger partial charge in [0.25, 0.3) is 0 Å². The van der Waals surface area contributed by atoms with Gasteiger partial charge in [0, 0.05) is 33.0 Å². The van der Waals surface area contributed by atoms with Crippen molar-refractivity contribution in [3.63, 3.8) is 0 Å². The van der Waals surface area contributed by atoms with Crippen molar-refractivity contribution in [2.45, 2.75) is 19.3 Å². The maximum absolute atomic E-state index is 6.40. The highest BCUT2D eigenvalue weighted by Gasteiger charge is 2.36. The molecule has 0 saturated heterocycles. The molecule has 53 heavy (non-hydrogen) atoms. The largest absolute Gasteiger partial charge is 0.456 e. The fraction of sp³-hybridized carbons (Fsp3) is 0.0588. The molecule has 0 amide bonds. The second-order valence-electron chi connectivity index (χ2n) is 14.5. The van der Waals surface area contributed by atoms with Crippen LogP contribution in [0.15, 0.2) is 192 Å². The molecule has 0 bridgehead atoms. The third-order valence-electron chi connectivity index (χ3n) is 11.1. The number of hydrogen-bond acceptors (Lipinski definition) is 2. The molecule has 0 aliphatic heterocycles. The molecular formula is C51H37NO. The molecule has 0 N–H and O–H groups in total. The second kappa shape index (κ2) is 12.3. The van der Waals surface area contributed by atoms with E-state index in [2.05, 4.69) is 201 Å². The first-order valence-corrected chi connectivity index (χ1v) is 18.4. The fourth-order valence-electron chi connectivity index (χ4n) is 8.54. The molecule has 2 heteroatoms. The molecular weight excluding hydrogens is 643 g/mol. The third-order valence-corrected chi connectivity index (χ3v) is 11.1. The van der Waals surface area contributed by atoms with Crippen LogP contribution in [0.4, 0.5) is 17.1 Å². The maximum atomic E-state index is 6.40. The van der Waals surface area contributed by atoms with Crippen LogP contribution >= 0.6 is 0 Å². The number of para-hydroxylation sites is 3. The summed E-state index contributed by atoms with van der Waals surface area (Å²) in [6.45, 7) is 4.71. The van der Waals surface area contributed by atoms with E-state index in [1.165, 1.54) is 38.9 Å². The number of hydrogen-bond donors (Lipinski definition) is 0. The average Bonchev–Trinajstić information content (AvgIpc) is 3.71. The van der Waals surface area contributed by atoms with Crippen molar-refractivity contribution < 1.29 is 4.42 Å². The monoisotopic (exact) mass is 679 g/mol. The topological polar surface area (TPSA) is 16.4 Å². The molecule has 0 fully saturated rings. The van der Waals surface area contributed by atoms with Crippen molar-refractivity contribution in [1.29, 1.82) is 0 Å². The molecule has 0 spiro atoms. The molecule has 0 unspecified atom stereocenters. The Hall–Kier alpha value is -6.64. The van der Waals surface area contributed by atoms with Crippen LogP contribution in [0, 0.1) is 0 Å². The minimum Gasteiger partial charge on any atom is -0.456 e. The van der Waals surface area contributed by atoms with E-state index in [1.807, 2.05) is 6.07 Å². The summed E-state index contributed by atoms with van der Waals surface area (Å²) >= 11 is 0. The lowest BCUT2D eigenvalue weighted by molar-refractivity contribution is 0.660. The standard InChI is InChI=1S/C51H37NO/c1-51(2)44-25-10-6-21-39(44)40-31-30-37(33-45(40)51)52(46-26-11-7-20-38(46)36-19-14-18-35(32-36)34-16-4-3-5-17-34)47-27-12-8-22-41(47)42-24-15-29-49-50(42)43-23-9-13-28-48(43)53-49/h3-33H,1-2H3. The Labute approximate surface area is 310 Å². The van der Waals surface area contributed by atoms with Gasteiger partial charge in [-0.1, -0.05) is 159 Å². The SMILES string of the molecule is CC1(C)c2ccccc2-c2ccc(N(c3ccccc3-c3cccc(-c4ccccc4)c3)c3ccccc3-c3cccc4oc5ccccc5c34)cc21. The number of anilines is 3. The van der Waals surface area contributed by atoms with Gasteiger partial charge in [-0.15, -0.1) is 0 Å². The van der Waals surface area contributed by atoms with E-state index >= 15 is 0 Å². The lowest BCUT2D eigenvalue weighted by Gasteiger charge is -2.31. The van der Waals surface area contributed by atoms with Crippen LogP contribution in [0.1, 0.15) is 25.0 Å². The fourth-order valence-corrected chi connectivity index (χ4v) is 8.54. The predicted molar refractivity (Wildman–Crippen MR) is 222 cm³/mol. The Morgan fingerprint density at radius 2 is 0.981 bits per heavy atom. The van der Waals surface area contributed by atoms with Gasteiger partial charge in [-0.2, -0.15) is 0 Å². The minimum absolute atomic E-state index is 0.141. The Morgan fingerprint density at radius 3 is 1.83 bits per heavy atom. The van der Waals surface area contributed by atoms with E-state index < -0.39 is 0 Å². The van der Waals surface area contributed by atoms with Gasteiger partial charge in [0.15, 0.2) is 0 Å². The quantitative estimate of drug-likeness (QED) is 0.174. The van der Waals surface area contributed by atoms with Crippen molar-refractivity contribution in [2.75, 3.05) is 4.90 Å². The van der Waals surface area contributed by atoms with Crippen LogP contribution in [0.25, 0.3) is 66.4 Å². The Balaban J connectivity index is 1.23. The van der Waals surface area contributed by atoms with Crippen LogP contribution in [-0.4, -0.2) is 0 Å². The first kappa shape index (κ1) is 31.1. The second-order valence-corrected chi connectivity index (χ2v) is 14.5. The van der Waals surface area contributed by atoms with E-state index in [9.17, 15) is 0 Å². The zero-order valence-corrected chi connectivity index (χ0v) is 29.8. The van der Waals surface area contributed by atoms with E-state index in [1.54, 1.807) is 0 Å². The molecule has 8 aromatic carbocycles. The minimum atomic E-state index is -0.141. The van der Waals surface area contributed by atoms with Gasteiger partial charge >= 0.3 is 0 Å². The molecule has 1 heterocycles. The number of rotatable bonds is 6. The molecule has 1 aliphatic carbocycles. The summed E-state index contributed by atoms with van der Waals surface area (Å²) in [4.78, 5) is 2.47. The molecule has 1 aromatic heterocycles. The molecule has 9 aromatic rings. The first-order chi connectivity index (χ1) is 26.1. The van der Waals surface area contributed by atoms with E-state index in [0.717, 1.165) is 55.7 Å². The van der Waals surface area contributed by atoms with Crippen molar-refractivity contribution in [3.05, 3.63) is 199 Å². The van der Waals surface area contributed by atoms with Gasteiger partial charge in [0.2, 0.25) is 0 Å². The van der Waals surface area contributed by atoms with Gasteiger partial charge in [-0.05, 0) is 87.0 Å². The molecule has 10 rings (SSSR count). The Bertz CT molecular complexity index is 2820. The summed E-state index contributed by atoms with van der Waals surface area (Å²) in [5.41, 5.74) is 17.3. The van der Waals surface area contributed by atoms with Crippen molar-refractivity contribution >= 4 is 39.0 Å². The molecule has 1 aliphatic rings. The van der Waals surface area contributed by atoms with Crippen molar-refractivity contribution in [2.24, 2.45) is 0 Å². The first-order valence-electron chi connectivity index (χ1n) is 18.4. The summed E-state index contributed by atoms with van der Waals surface area (Å²) in [5.74, 6) is 0. The van der Waals surface area contributed by atoms with Gasteiger partial charge in [-0.25, -0.2) is 0 Å². The van der Waals surface area contributed by atoms with Gasteiger partial charge in [0.05, 0.1) is 11.4 Å². The normalized spacial score (nSPS) is 12.9. The van der Waals surface area contributed by atoms with E-state index in [0.29, 0.717) is 0 Å². The van der Waals surface area contributed by atoms with Crippen LogP contribution in [0.5, 0.6) is 0 Å². The maximum Gasteiger partial charge on any atom is 0.136 e. The van der Waals surface area contributed by atoms with Crippen LogP contribution in [-0.2, 0) is 5.41 Å². The van der Waals surface area contributed by atoms with Crippen LogP contribution in [0.2, 0.25) is 0 Å². The lowest BCUT2D eigenvalue weighted by Crippen LogP contribution is -2.17. The van der Waals surface area contributed by atoms with Gasteiger partial charge in [-0.3, -0.25) is 0 Å². The predicted octanol–water partition coefficient (Wildman–Crippen LogP) is 14.4. The molecule has 0 saturated carbocycles. The summed E-state index contributed by atoms with van der Waals surface area (Å²) < 4.78 is 6.40. The third kappa shape index (κ3) is 5.02. The zero-order chi connectivity index (χ0) is 35.5. The summed E-state index contributed by atoms with van der Waals surface area (Å²) in [7, 11) is 0. The lowest BCUT2D eigenvalue weighted by atomic mass is 9.82. The highest BCUT2D eigenvalue weighted by atomic mass is 16.3. The van der Waals surface area contributed by atoms with Gasteiger partial charge < -0.3 is 9.32 Å². The molecule has 252 valence electrons. The highest BCUT2D eigenvalue weighted by Crippen LogP contribution is 2.52. The molecule has 0 atom stereocenters. The summed E-state index contributed by atoms with van der Waals surface area (Å²) in [5, 5.41) is 2.25. The number of benzene rings is 8. The number of fused-ring (bicyclic) bond motifs is 6. The summed E-state index contributed by atoms with van der Waals surface area (Å²) in [6.07, 6.45) is 0. The average molecular weight is 680 g/mol. The Kier molecular flexibility index (Phi) is 7.19. The van der Waals surface area contributed by atoms with Crippen molar-refractivity contribution in [1.82, 2.24) is 0 Å². The van der Waals surface area contributed by atoms with Crippen LogP contribution < -0.4 is 4.90 Å². The highest BCUT2D eigenvalue weighted by molar-refractivity contribution is 6.14. The number of nitrogens with zero attached hydrogens (tertiary/aromatic N) is 1.